The monoisotopic (exact) mass is 441 g/mol. The molecule has 8 nitrogen and oxygen atoms in total. The van der Waals surface area contributed by atoms with Crippen LogP contribution in [0.5, 0.6) is 5.75 Å². The van der Waals surface area contributed by atoms with E-state index in [2.05, 4.69) is 20.6 Å². The lowest BCUT2D eigenvalue weighted by Gasteiger charge is -2.35. The zero-order valence-corrected chi connectivity index (χ0v) is 17.8. The van der Waals surface area contributed by atoms with Gasteiger partial charge in [-0.05, 0) is 48.5 Å². The summed E-state index contributed by atoms with van der Waals surface area (Å²) < 4.78 is 7.77. The fourth-order valence-electron chi connectivity index (χ4n) is 3.41. The van der Waals surface area contributed by atoms with E-state index < -0.39 is 0 Å². The summed E-state index contributed by atoms with van der Waals surface area (Å²) in [5.74, 6) is 0.702. The van der Waals surface area contributed by atoms with E-state index in [4.69, 9.17) is 16.3 Å². The molecule has 1 aromatic heterocycles. The van der Waals surface area contributed by atoms with Gasteiger partial charge in [-0.1, -0.05) is 11.6 Å². The van der Waals surface area contributed by atoms with Gasteiger partial charge in [-0.3, -0.25) is 9.58 Å². The van der Waals surface area contributed by atoms with Crippen molar-refractivity contribution in [1.29, 1.82) is 0 Å². The Labute approximate surface area is 185 Å². The Morgan fingerprint density at radius 2 is 1.87 bits per heavy atom. The average molecular weight is 442 g/mol. The van der Waals surface area contributed by atoms with Crippen molar-refractivity contribution in [2.45, 2.75) is 6.10 Å². The molecule has 31 heavy (non-hydrogen) atoms. The summed E-state index contributed by atoms with van der Waals surface area (Å²) in [6.07, 6.45) is 1.49. The van der Waals surface area contributed by atoms with Crippen LogP contribution >= 0.6 is 11.6 Å². The lowest BCUT2D eigenvalue weighted by molar-refractivity contribution is -0.00384. The van der Waals surface area contributed by atoms with Crippen LogP contribution in [0, 0.1) is 0 Å². The van der Waals surface area contributed by atoms with Gasteiger partial charge in [0.25, 0.3) is 0 Å². The molecule has 0 radical (unpaired) electrons. The highest BCUT2D eigenvalue weighted by atomic mass is 35.5. The fourth-order valence-corrected chi connectivity index (χ4v) is 3.53. The third-order valence-corrected chi connectivity index (χ3v) is 5.29. The first-order valence-corrected chi connectivity index (χ1v) is 10.3. The highest BCUT2D eigenvalue weighted by Crippen LogP contribution is 2.32. The van der Waals surface area contributed by atoms with Crippen molar-refractivity contribution in [3.05, 3.63) is 59.8 Å². The number of carbonyl (C=O) groups is 1. The molecule has 3 N–H and O–H groups in total. The number of aliphatic hydroxyl groups is 1. The molecule has 0 bridgehead atoms. The number of hydrogen-bond donors (Lipinski definition) is 3. The van der Waals surface area contributed by atoms with Crippen molar-refractivity contribution in [3.63, 3.8) is 0 Å². The molecule has 0 spiro atoms. The number of amides is 2. The third kappa shape index (κ3) is 5.35. The summed E-state index contributed by atoms with van der Waals surface area (Å²) in [5.41, 5.74) is 2.97. The second kappa shape index (κ2) is 9.38. The Hall–Kier alpha value is -3.07. The van der Waals surface area contributed by atoms with Gasteiger partial charge in [-0.15, -0.1) is 0 Å². The largest absolute Gasteiger partial charge is 0.492 e. The predicted molar refractivity (Wildman–Crippen MR) is 121 cm³/mol. The van der Waals surface area contributed by atoms with Crippen LogP contribution in [-0.4, -0.2) is 58.2 Å². The molecule has 1 saturated heterocycles. The van der Waals surface area contributed by atoms with Crippen molar-refractivity contribution in [1.82, 2.24) is 14.7 Å². The summed E-state index contributed by atoms with van der Waals surface area (Å²) in [5, 5.41) is 19.9. The van der Waals surface area contributed by atoms with E-state index in [0.717, 1.165) is 17.8 Å². The number of nitrogens with zero attached hydrogens (tertiary/aromatic N) is 3. The molecule has 3 aromatic rings. The number of hydrogen-bond acceptors (Lipinski definition) is 5. The molecule has 1 aliphatic heterocycles. The van der Waals surface area contributed by atoms with Gasteiger partial charge in [0.15, 0.2) is 0 Å². The maximum absolute atomic E-state index is 12.4. The maximum Gasteiger partial charge on any atom is 0.323 e. The van der Waals surface area contributed by atoms with E-state index in [1.807, 2.05) is 25.2 Å². The number of urea groups is 1. The van der Waals surface area contributed by atoms with E-state index >= 15 is 0 Å². The standard InChI is InChI=1S/C22H24ClN5O3/c1-27-20(8-9-24-27)19-12-17(26-22(30)25-16-4-2-15(23)3-5-16)6-7-21(19)31-11-10-28-13-18(29)14-28/h2-9,12,18,29H,10-11,13-14H2,1H3,(H2,25,26,30). The summed E-state index contributed by atoms with van der Waals surface area (Å²) in [6.45, 7) is 2.61. The number of halogens is 1. The lowest BCUT2D eigenvalue weighted by atomic mass is 10.1. The van der Waals surface area contributed by atoms with Gasteiger partial charge < -0.3 is 20.5 Å². The van der Waals surface area contributed by atoms with Gasteiger partial charge in [0, 0.05) is 54.8 Å². The van der Waals surface area contributed by atoms with Crippen molar-refractivity contribution in [3.8, 4) is 17.0 Å². The molecule has 2 heterocycles. The number of aliphatic hydroxyl groups excluding tert-OH is 1. The van der Waals surface area contributed by atoms with Crippen molar-refractivity contribution < 1.29 is 14.6 Å². The minimum Gasteiger partial charge on any atom is -0.492 e. The van der Waals surface area contributed by atoms with Crippen LogP contribution in [0.25, 0.3) is 11.3 Å². The van der Waals surface area contributed by atoms with Crippen LogP contribution < -0.4 is 15.4 Å². The Morgan fingerprint density at radius 1 is 1.16 bits per heavy atom. The summed E-state index contributed by atoms with van der Waals surface area (Å²) in [7, 11) is 1.86. The van der Waals surface area contributed by atoms with Gasteiger partial charge in [0.2, 0.25) is 0 Å². The molecule has 2 aromatic carbocycles. The number of benzene rings is 2. The quantitative estimate of drug-likeness (QED) is 0.522. The van der Waals surface area contributed by atoms with Crippen molar-refractivity contribution in [2.75, 3.05) is 36.9 Å². The Bertz CT molecular complexity index is 1050. The van der Waals surface area contributed by atoms with Crippen LogP contribution in [0.3, 0.4) is 0 Å². The van der Waals surface area contributed by atoms with Crippen LogP contribution in [0.15, 0.2) is 54.7 Å². The summed E-state index contributed by atoms with van der Waals surface area (Å²) in [6, 6.07) is 13.9. The van der Waals surface area contributed by atoms with E-state index in [1.54, 1.807) is 41.2 Å². The van der Waals surface area contributed by atoms with Crippen LogP contribution in [0.2, 0.25) is 5.02 Å². The van der Waals surface area contributed by atoms with E-state index in [-0.39, 0.29) is 12.1 Å². The molecule has 1 aliphatic rings. The van der Waals surface area contributed by atoms with Crippen molar-refractivity contribution >= 4 is 29.0 Å². The second-order valence-electron chi connectivity index (χ2n) is 7.40. The number of aryl methyl sites for hydroxylation is 1. The number of likely N-dealkylation sites (tertiary alicyclic amines) is 1. The highest BCUT2D eigenvalue weighted by Gasteiger charge is 2.23. The lowest BCUT2D eigenvalue weighted by Crippen LogP contribution is -2.51. The van der Waals surface area contributed by atoms with Gasteiger partial charge in [0.1, 0.15) is 12.4 Å². The van der Waals surface area contributed by atoms with E-state index in [0.29, 0.717) is 41.8 Å². The minimum atomic E-state index is -0.358. The van der Waals surface area contributed by atoms with Gasteiger partial charge >= 0.3 is 6.03 Å². The van der Waals surface area contributed by atoms with Crippen LogP contribution in [0.1, 0.15) is 0 Å². The molecule has 162 valence electrons. The second-order valence-corrected chi connectivity index (χ2v) is 7.84. The third-order valence-electron chi connectivity index (χ3n) is 5.04. The highest BCUT2D eigenvalue weighted by molar-refractivity contribution is 6.30. The molecule has 0 unspecified atom stereocenters. The molecule has 1 fully saturated rings. The number of carbonyl (C=O) groups excluding carboxylic acids is 1. The minimum absolute atomic E-state index is 0.227. The Kier molecular flexibility index (Phi) is 6.41. The topological polar surface area (TPSA) is 91.7 Å². The maximum atomic E-state index is 12.4. The first-order chi connectivity index (χ1) is 15.0. The zero-order valence-electron chi connectivity index (χ0n) is 17.1. The Morgan fingerprint density at radius 3 is 2.55 bits per heavy atom. The summed E-state index contributed by atoms with van der Waals surface area (Å²) >= 11 is 5.88. The number of anilines is 2. The predicted octanol–water partition coefficient (Wildman–Crippen LogP) is 3.44. The SMILES string of the molecule is Cn1nccc1-c1cc(NC(=O)Nc2ccc(Cl)cc2)ccc1OCCN1CC(O)C1. The molecule has 4 rings (SSSR count). The fraction of sp³-hybridized carbons (Fsp3) is 0.273. The molecule has 9 heteroatoms. The van der Waals surface area contributed by atoms with Crippen LogP contribution in [0.4, 0.5) is 16.2 Å². The van der Waals surface area contributed by atoms with Gasteiger partial charge in [-0.2, -0.15) is 5.10 Å². The molecular formula is C22H24ClN5O3. The number of ether oxygens (including phenoxy) is 1. The summed E-state index contributed by atoms with van der Waals surface area (Å²) in [4.78, 5) is 14.5. The van der Waals surface area contributed by atoms with E-state index in [1.165, 1.54) is 0 Å². The van der Waals surface area contributed by atoms with Gasteiger partial charge in [-0.25, -0.2) is 4.79 Å². The zero-order chi connectivity index (χ0) is 21.8. The molecule has 0 atom stereocenters. The average Bonchev–Trinajstić information content (AvgIpc) is 3.15. The van der Waals surface area contributed by atoms with Crippen molar-refractivity contribution in [2.24, 2.45) is 7.05 Å². The molecule has 0 saturated carbocycles. The normalized spacial score (nSPS) is 14.2. The number of nitrogens with one attached hydrogen (secondary N) is 2. The smallest absolute Gasteiger partial charge is 0.323 e. The molecular weight excluding hydrogens is 418 g/mol. The van der Waals surface area contributed by atoms with Gasteiger partial charge in [0.05, 0.1) is 11.8 Å². The Balaban J connectivity index is 1.46. The van der Waals surface area contributed by atoms with Crippen LogP contribution in [-0.2, 0) is 7.05 Å². The number of rotatable bonds is 7. The first-order valence-electron chi connectivity index (χ1n) is 9.97. The molecule has 0 aliphatic carbocycles. The number of aromatic nitrogens is 2. The number of β-amino-alcohol motifs (C(OH)–C–C–N with tert-alkyl or cyclic N) is 1. The van der Waals surface area contributed by atoms with E-state index in [9.17, 15) is 9.90 Å². The molecule has 2 amide bonds. The first kappa shape index (κ1) is 21.2.